The molecule has 1 heterocycles. The number of carbonyl (C=O) groups is 1. The van der Waals surface area contributed by atoms with Crippen molar-refractivity contribution in [3.8, 4) is 0 Å². The van der Waals surface area contributed by atoms with E-state index in [-0.39, 0.29) is 16.5 Å². The summed E-state index contributed by atoms with van der Waals surface area (Å²) >= 11 is 0. The molecule has 0 aromatic heterocycles. The molecule has 1 aliphatic rings. The van der Waals surface area contributed by atoms with E-state index < -0.39 is 21.8 Å². The van der Waals surface area contributed by atoms with Crippen LogP contribution in [0.15, 0.2) is 47.4 Å². The Morgan fingerprint density at radius 2 is 1.60 bits per heavy atom. The lowest BCUT2D eigenvalue weighted by Crippen LogP contribution is -2.48. The predicted molar refractivity (Wildman–Crippen MR) is 108 cm³/mol. The summed E-state index contributed by atoms with van der Waals surface area (Å²) in [7, 11) is -4.09. The molecular weight excluding hydrogens is 419 g/mol. The SMILES string of the molecule is CC(=O)N1CCN(c2ccc(C(F)(F)F)cc2NS(=O)(=O)c2ccc(C)cc2)CC1. The summed E-state index contributed by atoms with van der Waals surface area (Å²) in [6.45, 7) is 4.82. The number of carbonyl (C=O) groups excluding carboxylic acids is 1. The molecule has 0 spiro atoms. The number of nitrogens with zero attached hydrogens (tertiary/aromatic N) is 2. The van der Waals surface area contributed by atoms with Gasteiger partial charge in [0.1, 0.15) is 0 Å². The minimum atomic E-state index is -4.62. The number of rotatable bonds is 4. The van der Waals surface area contributed by atoms with Gasteiger partial charge in [-0.05, 0) is 37.3 Å². The lowest BCUT2D eigenvalue weighted by atomic mass is 10.1. The van der Waals surface area contributed by atoms with Gasteiger partial charge in [0.05, 0.1) is 21.8 Å². The van der Waals surface area contributed by atoms with Gasteiger partial charge >= 0.3 is 6.18 Å². The second-order valence-electron chi connectivity index (χ2n) is 7.14. The number of nitrogens with one attached hydrogen (secondary N) is 1. The van der Waals surface area contributed by atoms with Crippen molar-refractivity contribution in [1.29, 1.82) is 0 Å². The molecule has 30 heavy (non-hydrogen) atoms. The molecule has 0 unspecified atom stereocenters. The molecule has 0 saturated carbocycles. The van der Waals surface area contributed by atoms with Gasteiger partial charge in [-0.3, -0.25) is 9.52 Å². The van der Waals surface area contributed by atoms with E-state index in [2.05, 4.69) is 4.72 Å². The highest BCUT2D eigenvalue weighted by Crippen LogP contribution is 2.36. The molecule has 6 nitrogen and oxygen atoms in total. The van der Waals surface area contributed by atoms with Crippen LogP contribution in [0.5, 0.6) is 0 Å². The Morgan fingerprint density at radius 1 is 1.00 bits per heavy atom. The van der Waals surface area contributed by atoms with Gasteiger partial charge in [0, 0.05) is 33.1 Å². The van der Waals surface area contributed by atoms with Gasteiger partial charge in [-0.2, -0.15) is 13.2 Å². The Labute approximate surface area is 173 Å². The molecule has 0 atom stereocenters. The molecule has 1 saturated heterocycles. The third kappa shape index (κ3) is 4.86. The Kier molecular flexibility index (Phi) is 5.98. The van der Waals surface area contributed by atoms with Crippen LogP contribution >= 0.6 is 0 Å². The maximum atomic E-state index is 13.2. The van der Waals surface area contributed by atoms with Gasteiger partial charge in [-0.15, -0.1) is 0 Å². The Morgan fingerprint density at radius 3 is 2.13 bits per heavy atom. The molecule has 2 aromatic rings. The first-order valence-corrected chi connectivity index (χ1v) is 10.8. The minimum absolute atomic E-state index is 0.0436. The van der Waals surface area contributed by atoms with Crippen LogP contribution in [0.2, 0.25) is 0 Å². The number of aryl methyl sites for hydroxylation is 1. The van der Waals surface area contributed by atoms with Crippen molar-refractivity contribution in [3.05, 3.63) is 53.6 Å². The van der Waals surface area contributed by atoms with E-state index in [4.69, 9.17) is 0 Å². The molecule has 1 fully saturated rings. The van der Waals surface area contributed by atoms with E-state index in [1.54, 1.807) is 28.9 Å². The first-order chi connectivity index (χ1) is 14.0. The second-order valence-corrected chi connectivity index (χ2v) is 8.82. The smallest absolute Gasteiger partial charge is 0.366 e. The average molecular weight is 441 g/mol. The first-order valence-electron chi connectivity index (χ1n) is 9.28. The topological polar surface area (TPSA) is 69.7 Å². The summed E-state index contributed by atoms with van der Waals surface area (Å²) in [6.07, 6.45) is -4.62. The number of alkyl halides is 3. The number of hydrogen-bond acceptors (Lipinski definition) is 4. The number of amides is 1. The number of benzene rings is 2. The Hall–Kier alpha value is -2.75. The van der Waals surface area contributed by atoms with Gasteiger partial charge in [0.15, 0.2) is 0 Å². The van der Waals surface area contributed by atoms with Crippen molar-refractivity contribution in [3.63, 3.8) is 0 Å². The average Bonchev–Trinajstić information content (AvgIpc) is 2.67. The molecule has 1 amide bonds. The van der Waals surface area contributed by atoms with Crippen molar-refractivity contribution in [2.45, 2.75) is 24.9 Å². The molecular formula is C20H22F3N3O3S. The van der Waals surface area contributed by atoms with Crippen LogP contribution < -0.4 is 9.62 Å². The molecule has 2 aromatic carbocycles. The second kappa shape index (κ2) is 8.17. The van der Waals surface area contributed by atoms with Crippen LogP contribution in [-0.4, -0.2) is 45.4 Å². The maximum absolute atomic E-state index is 13.2. The lowest BCUT2D eigenvalue weighted by molar-refractivity contribution is -0.137. The zero-order chi connectivity index (χ0) is 22.1. The van der Waals surface area contributed by atoms with E-state index in [0.717, 1.165) is 17.7 Å². The van der Waals surface area contributed by atoms with Crippen molar-refractivity contribution < 1.29 is 26.4 Å². The van der Waals surface area contributed by atoms with E-state index in [1.807, 2.05) is 0 Å². The highest BCUT2D eigenvalue weighted by molar-refractivity contribution is 7.92. The maximum Gasteiger partial charge on any atom is 0.416 e. The number of halogens is 3. The van der Waals surface area contributed by atoms with Crippen LogP contribution in [0.1, 0.15) is 18.1 Å². The van der Waals surface area contributed by atoms with Crippen LogP contribution in [0, 0.1) is 6.92 Å². The highest BCUT2D eigenvalue weighted by atomic mass is 32.2. The lowest BCUT2D eigenvalue weighted by Gasteiger charge is -2.36. The Bertz CT molecular complexity index is 1030. The molecule has 0 aliphatic carbocycles. The molecule has 1 N–H and O–H groups in total. The third-order valence-electron chi connectivity index (χ3n) is 4.97. The molecule has 162 valence electrons. The zero-order valence-electron chi connectivity index (χ0n) is 16.5. The summed E-state index contributed by atoms with van der Waals surface area (Å²) in [4.78, 5) is 14.9. The van der Waals surface area contributed by atoms with E-state index in [9.17, 15) is 26.4 Å². The van der Waals surface area contributed by atoms with Crippen LogP contribution in [0.25, 0.3) is 0 Å². The first kappa shape index (κ1) is 21.9. The number of sulfonamides is 1. The normalized spacial score (nSPS) is 15.2. The van der Waals surface area contributed by atoms with Crippen LogP contribution in [0.4, 0.5) is 24.5 Å². The largest absolute Gasteiger partial charge is 0.416 e. The molecule has 3 rings (SSSR count). The number of hydrogen-bond donors (Lipinski definition) is 1. The fraction of sp³-hybridized carbons (Fsp3) is 0.350. The van der Waals surface area contributed by atoms with Crippen molar-refractivity contribution >= 4 is 27.3 Å². The van der Waals surface area contributed by atoms with E-state index >= 15 is 0 Å². The van der Waals surface area contributed by atoms with E-state index in [0.29, 0.717) is 31.9 Å². The van der Waals surface area contributed by atoms with E-state index in [1.165, 1.54) is 25.1 Å². The minimum Gasteiger partial charge on any atom is -0.366 e. The predicted octanol–water partition coefficient (Wildman–Crippen LogP) is 3.48. The number of piperazine rings is 1. The van der Waals surface area contributed by atoms with Gasteiger partial charge in [-0.25, -0.2) is 8.42 Å². The summed E-state index contributed by atoms with van der Waals surface area (Å²) in [5.41, 5.74) is 0.0934. The summed E-state index contributed by atoms with van der Waals surface area (Å²) in [6, 6.07) is 9.02. The van der Waals surface area contributed by atoms with Crippen molar-refractivity contribution in [2.75, 3.05) is 35.8 Å². The molecule has 0 radical (unpaired) electrons. The van der Waals surface area contributed by atoms with Gasteiger partial charge in [-0.1, -0.05) is 17.7 Å². The summed E-state index contributed by atoms with van der Waals surface area (Å²) in [5, 5.41) is 0. The third-order valence-corrected chi connectivity index (χ3v) is 6.35. The molecule has 10 heteroatoms. The Balaban J connectivity index is 1.96. The molecule has 0 bridgehead atoms. The number of anilines is 2. The fourth-order valence-electron chi connectivity index (χ4n) is 3.25. The summed E-state index contributed by atoms with van der Waals surface area (Å²) in [5.74, 6) is -0.0811. The van der Waals surface area contributed by atoms with Gasteiger partial charge in [0.2, 0.25) is 5.91 Å². The standard InChI is InChI=1S/C20H22F3N3O3S/c1-14-3-6-17(7-4-14)30(28,29)24-18-13-16(20(21,22)23)5-8-19(18)26-11-9-25(10-12-26)15(2)27/h3-8,13,24H,9-12H2,1-2H3. The fourth-order valence-corrected chi connectivity index (χ4v) is 4.32. The summed E-state index contributed by atoms with van der Waals surface area (Å²) < 4.78 is 67.6. The molecule has 1 aliphatic heterocycles. The quantitative estimate of drug-likeness (QED) is 0.789. The van der Waals surface area contributed by atoms with Gasteiger partial charge < -0.3 is 9.80 Å². The van der Waals surface area contributed by atoms with Crippen LogP contribution in [0.3, 0.4) is 0 Å². The monoisotopic (exact) mass is 441 g/mol. The highest BCUT2D eigenvalue weighted by Gasteiger charge is 2.32. The van der Waals surface area contributed by atoms with Crippen molar-refractivity contribution in [2.24, 2.45) is 0 Å². The van der Waals surface area contributed by atoms with Gasteiger partial charge in [0.25, 0.3) is 10.0 Å². The zero-order valence-corrected chi connectivity index (χ0v) is 17.3. The van der Waals surface area contributed by atoms with Crippen LogP contribution in [-0.2, 0) is 21.0 Å². The van der Waals surface area contributed by atoms with Crippen molar-refractivity contribution in [1.82, 2.24) is 4.90 Å².